The molecule has 0 fully saturated rings. The molecule has 1 rings (SSSR count). The van der Waals surface area contributed by atoms with E-state index in [0.29, 0.717) is 0 Å². The Bertz CT molecular complexity index is 220. The van der Waals surface area contributed by atoms with Gasteiger partial charge in [-0.15, -0.1) is 0 Å². The fourth-order valence-electron chi connectivity index (χ4n) is 1.22. The van der Waals surface area contributed by atoms with Crippen molar-refractivity contribution in [2.45, 2.75) is 19.3 Å². The number of imidazole rings is 1. The van der Waals surface area contributed by atoms with Gasteiger partial charge in [0.05, 0.1) is 7.05 Å². The molecular weight excluding hydrogens is 168 g/mol. The van der Waals surface area contributed by atoms with Crippen LogP contribution in [-0.2, 0) is 13.5 Å². The van der Waals surface area contributed by atoms with Gasteiger partial charge in [-0.05, 0) is 24.9 Å². The molecule has 0 aliphatic carbocycles. The van der Waals surface area contributed by atoms with E-state index in [1.54, 1.807) is 0 Å². The molecule has 1 aromatic heterocycles. The third-order valence-electron chi connectivity index (χ3n) is 1.99. The van der Waals surface area contributed by atoms with Gasteiger partial charge in [0.1, 0.15) is 12.4 Å². The average Bonchev–Trinajstić information content (AvgIpc) is 2.46. The van der Waals surface area contributed by atoms with Crippen LogP contribution in [0.15, 0.2) is 12.4 Å². The molecule has 2 nitrogen and oxygen atoms in total. The third-order valence-corrected chi connectivity index (χ3v) is 2.68. The number of rotatable bonds is 5. The summed E-state index contributed by atoms with van der Waals surface area (Å²) in [6.45, 7) is 0. The lowest BCUT2D eigenvalue weighted by Crippen LogP contribution is -2.30. The van der Waals surface area contributed by atoms with Crippen molar-refractivity contribution in [1.82, 2.24) is 4.98 Å². The predicted molar refractivity (Wildman–Crippen MR) is 53.3 cm³/mol. The summed E-state index contributed by atoms with van der Waals surface area (Å²) in [5.41, 5.74) is 0. The van der Waals surface area contributed by atoms with E-state index in [4.69, 9.17) is 0 Å². The number of unbranched alkanes of at least 4 members (excludes halogenated alkanes) is 1. The highest BCUT2D eigenvalue weighted by Gasteiger charge is 2.04. The Kier molecular flexibility index (Phi) is 4.22. The Morgan fingerprint density at radius 2 is 2.33 bits per heavy atom. The topological polar surface area (TPSA) is 19.7 Å². The maximum atomic E-state index is 3.24. The molecule has 0 aromatic carbocycles. The first kappa shape index (κ1) is 9.65. The summed E-state index contributed by atoms with van der Waals surface area (Å²) in [6.07, 6.45) is 9.99. The molecule has 0 spiro atoms. The van der Waals surface area contributed by atoms with Crippen LogP contribution in [-0.4, -0.2) is 17.0 Å². The second-order valence-electron chi connectivity index (χ2n) is 2.97. The number of aromatic nitrogens is 2. The van der Waals surface area contributed by atoms with Crippen LogP contribution < -0.4 is 4.57 Å². The molecule has 0 amide bonds. The van der Waals surface area contributed by atoms with Gasteiger partial charge in [-0.25, -0.2) is 9.55 Å². The smallest absolute Gasteiger partial charge is 0.248 e. The standard InChI is InChI=1S/C9H16N2S/c1-11-7-6-10-9(11)5-3-4-8-12-2/h6-7H,3-5,8H2,1-2H3/p+1. The molecule has 12 heavy (non-hydrogen) atoms. The third kappa shape index (κ3) is 2.89. The van der Waals surface area contributed by atoms with Crippen LogP contribution in [0.5, 0.6) is 0 Å². The molecule has 0 atom stereocenters. The molecular formula is C9H17N2S+. The number of H-pyrrole nitrogens is 1. The molecule has 1 aromatic rings. The lowest BCUT2D eigenvalue weighted by atomic mass is 10.2. The predicted octanol–water partition coefficient (Wildman–Crippen LogP) is 1.52. The summed E-state index contributed by atoms with van der Waals surface area (Å²) in [4.78, 5) is 3.24. The molecule has 1 N–H and O–H groups in total. The summed E-state index contributed by atoms with van der Waals surface area (Å²) in [7, 11) is 2.08. The van der Waals surface area contributed by atoms with Gasteiger partial charge in [-0.3, -0.25) is 0 Å². The van der Waals surface area contributed by atoms with E-state index in [9.17, 15) is 0 Å². The van der Waals surface area contributed by atoms with E-state index in [-0.39, 0.29) is 0 Å². The van der Waals surface area contributed by atoms with Crippen molar-refractivity contribution >= 4 is 11.8 Å². The molecule has 1 heterocycles. The van der Waals surface area contributed by atoms with Gasteiger partial charge in [0, 0.05) is 6.42 Å². The van der Waals surface area contributed by atoms with Gasteiger partial charge in [-0.1, -0.05) is 0 Å². The summed E-state index contributed by atoms with van der Waals surface area (Å²) < 4.78 is 2.15. The first-order chi connectivity index (χ1) is 5.84. The Morgan fingerprint density at radius 1 is 1.50 bits per heavy atom. The molecule has 0 aliphatic heterocycles. The zero-order chi connectivity index (χ0) is 8.81. The molecule has 0 saturated heterocycles. The fraction of sp³-hybridized carbons (Fsp3) is 0.667. The van der Waals surface area contributed by atoms with E-state index in [1.807, 2.05) is 18.0 Å². The minimum Gasteiger partial charge on any atom is -0.248 e. The number of hydrogen-bond donors (Lipinski definition) is 1. The quantitative estimate of drug-likeness (QED) is 0.544. The first-order valence-electron chi connectivity index (χ1n) is 4.35. The first-order valence-corrected chi connectivity index (χ1v) is 5.75. The van der Waals surface area contributed by atoms with Crippen LogP contribution in [0.3, 0.4) is 0 Å². The van der Waals surface area contributed by atoms with E-state index < -0.39 is 0 Å². The van der Waals surface area contributed by atoms with Crippen molar-refractivity contribution in [3.8, 4) is 0 Å². The highest BCUT2D eigenvalue weighted by atomic mass is 32.2. The number of nitrogens with zero attached hydrogens (tertiary/aromatic N) is 1. The number of nitrogens with one attached hydrogen (secondary N) is 1. The molecule has 0 bridgehead atoms. The van der Waals surface area contributed by atoms with E-state index in [1.165, 1.54) is 30.8 Å². The summed E-state index contributed by atoms with van der Waals surface area (Å²) in [5, 5.41) is 0. The molecule has 3 heteroatoms. The molecule has 0 unspecified atom stereocenters. The molecule has 0 saturated carbocycles. The van der Waals surface area contributed by atoms with E-state index >= 15 is 0 Å². The van der Waals surface area contributed by atoms with Gasteiger partial charge < -0.3 is 0 Å². The zero-order valence-electron chi connectivity index (χ0n) is 7.84. The van der Waals surface area contributed by atoms with Gasteiger partial charge in [0.2, 0.25) is 0 Å². The fourth-order valence-corrected chi connectivity index (χ4v) is 1.72. The summed E-state index contributed by atoms with van der Waals surface area (Å²) in [6, 6.07) is 0. The Labute approximate surface area is 78.4 Å². The number of thioether (sulfide) groups is 1. The van der Waals surface area contributed by atoms with Crippen molar-refractivity contribution in [1.29, 1.82) is 0 Å². The monoisotopic (exact) mass is 185 g/mol. The van der Waals surface area contributed by atoms with Crippen LogP contribution >= 0.6 is 11.8 Å². The Morgan fingerprint density at radius 3 is 2.92 bits per heavy atom. The largest absolute Gasteiger partial charge is 0.253 e. The zero-order valence-corrected chi connectivity index (χ0v) is 8.66. The summed E-state index contributed by atoms with van der Waals surface area (Å²) >= 11 is 1.93. The van der Waals surface area contributed by atoms with Gasteiger partial charge in [0.25, 0.3) is 5.82 Å². The molecule has 0 radical (unpaired) electrons. The van der Waals surface area contributed by atoms with Gasteiger partial charge in [0.15, 0.2) is 0 Å². The maximum absolute atomic E-state index is 3.24. The number of aromatic amines is 1. The van der Waals surface area contributed by atoms with E-state index in [0.717, 1.165) is 0 Å². The Balaban J connectivity index is 2.20. The van der Waals surface area contributed by atoms with Crippen molar-refractivity contribution in [2.24, 2.45) is 7.05 Å². The van der Waals surface area contributed by atoms with Crippen LogP contribution in [0.4, 0.5) is 0 Å². The normalized spacial score (nSPS) is 10.5. The van der Waals surface area contributed by atoms with E-state index in [2.05, 4.69) is 29.1 Å². The van der Waals surface area contributed by atoms with Crippen molar-refractivity contribution in [3.05, 3.63) is 18.2 Å². The average molecular weight is 185 g/mol. The van der Waals surface area contributed by atoms with Crippen molar-refractivity contribution < 1.29 is 4.57 Å². The van der Waals surface area contributed by atoms with Crippen molar-refractivity contribution in [3.63, 3.8) is 0 Å². The highest BCUT2D eigenvalue weighted by Crippen LogP contribution is 2.02. The lowest BCUT2D eigenvalue weighted by Gasteiger charge is -1.95. The molecule has 68 valence electrons. The molecule has 0 aliphatic rings. The van der Waals surface area contributed by atoms with Crippen LogP contribution in [0.2, 0.25) is 0 Å². The lowest BCUT2D eigenvalue weighted by molar-refractivity contribution is -0.677. The second kappa shape index (κ2) is 5.25. The van der Waals surface area contributed by atoms with Crippen LogP contribution in [0, 0.1) is 0 Å². The number of aryl methyl sites for hydroxylation is 2. The van der Waals surface area contributed by atoms with Gasteiger partial charge in [-0.2, -0.15) is 11.8 Å². The van der Waals surface area contributed by atoms with Crippen LogP contribution in [0.1, 0.15) is 18.7 Å². The second-order valence-corrected chi connectivity index (χ2v) is 3.95. The van der Waals surface area contributed by atoms with Crippen LogP contribution in [0.25, 0.3) is 0 Å². The van der Waals surface area contributed by atoms with Crippen molar-refractivity contribution in [2.75, 3.05) is 12.0 Å². The minimum atomic E-state index is 1.17. The SMILES string of the molecule is CSCCCCc1[nH]cc[n+]1C. The highest BCUT2D eigenvalue weighted by molar-refractivity contribution is 7.98. The number of hydrogen-bond acceptors (Lipinski definition) is 1. The van der Waals surface area contributed by atoms with Gasteiger partial charge >= 0.3 is 0 Å². The maximum Gasteiger partial charge on any atom is 0.253 e. The Hall–Kier alpha value is -0.440. The minimum absolute atomic E-state index is 1.17. The summed E-state index contributed by atoms with van der Waals surface area (Å²) in [5.74, 6) is 2.61.